The SMILES string of the molecule is CCCCC/C=C\C/C=C\C/C=C\C/C=C\C[C@H](CC(=O)OC)O[Si](c1ccccc1)(c1ccccc1)C(C)(C)C. The Hall–Kier alpha value is -2.95. The third-order valence-electron chi connectivity index (χ3n) is 7.24. The van der Waals surface area contributed by atoms with Crippen LogP contribution in [0.3, 0.4) is 0 Å². The number of hydrogen-bond donors (Lipinski definition) is 0. The molecule has 3 nitrogen and oxygen atoms in total. The highest BCUT2D eigenvalue weighted by Crippen LogP contribution is 2.38. The van der Waals surface area contributed by atoms with Crippen molar-refractivity contribution in [3.8, 4) is 0 Å². The second kappa shape index (κ2) is 19.2. The van der Waals surface area contributed by atoms with Crippen molar-refractivity contribution in [2.24, 2.45) is 0 Å². The van der Waals surface area contributed by atoms with Crippen LogP contribution in [0, 0.1) is 0 Å². The van der Waals surface area contributed by atoms with E-state index in [1.165, 1.54) is 43.2 Å². The quantitative estimate of drug-likeness (QED) is 0.0774. The molecule has 2 aromatic carbocycles. The Morgan fingerprint density at radius 1 is 0.756 bits per heavy atom. The van der Waals surface area contributed by atoms with E-state index >= 15 is 0 Å². The second-order valence-electron chi connectivity index (χ2n) is 11.5. The average molecular weight is 573 g/mol. The van der Waals surface area contributed by atoms with Crippen molar-refractivity contribution < 1.29 is 14.0 Å². The highest BCUT2D eigenvalue weighted by Gasteiger charge is 2.51. The zero-order valence-corrected chi connectivity index (χ0v) is 27.1. The molecule has 0 fully saturated rings. The predicted molar refractivity (Wildman–Crippen MR) is 178 cm³/mol. The summed E-state index contributed by atoms with van der Waals surface area (Å²) in [5.74, 6) is -0.246. The Bertz CT molecular complexity index is 1050. The van der Waals surface area contributed by atoms with Gasteiger partial charge >= 0.3 is 5.97 Å². The Labute approximate surface area is 251 Å². The molecule has 0 radical (unpaired) electrons. The van der Waals surface area contributed by atoms with Gasteiger partial charge in [0.15, 0.2) is 0 Å². The third-order valence-corrected chi connectivity index (χ3v) is 12.3. The molecule has 0 heterocycles. The second-order valence-corrected chi connectivity index (χ2v) is 15.8. The van der Waals surface area contributed by atoms with Gasteiger partial charge in [0.2, 0.25) is 0 Å². The van der Waals surface area contributed by atoms with Gasteiger partial charge in [0.05, 0.1) is 19.6 Å². The summed E-state index contributed by atoms with van der Waals surface area (Å²) in [5.41, 5.74) is 0. The molecule has 0 aliphatic carbocycles. The lowest BCUT2D eigenvalue weighted by molar-refractivity contribution is -0.142. The van der Waals surface area contributed by atoms with Crippen LogP contribution in [0.15, 0.2) is 109 Å². The van der Waals surface area contributed by atoms with Crippen LogP contribution < -0.4 is 10.4 Å². The van der Waals surface area contributed by atoms with Crippen LogP contribution in [-0.2, 0) is 14.0 Å². The normalized spacial score (nSPS) is 13.6. The fraction of sp³-hybridized carbons (Fsp3) is 0.432. The molecule has 2 aromatic rings. The van der Waals surface area contributed by atoms with Crippen LogP contribution in [0.1, 0.15) is 85.5 Å². The number of rotatable bonds is 18. The first-order valence-corrected chi connectivity index (χ1v) is 17.2. The molecular formula is C37H52O3Si. The monoisotopic (exact) mass is 572 g/mol. The number of methoxy groups -OCH3 is 1. The maximum atomic E-state index is 12.5. The van der Waals surface area contributed by atoms with Crippen molar-refractivity contribution in [3.63, 3.8) is 0 Å². The van der Waals surface area contributed by atoms with E-state index in [1.807, 2.05) is 12.1 Å². The number of hydrogen-bond acceptors (Lipinski definition) is 3. The van der Waals surface area contributed by atoms with Crippen LogP contribution >= 0.6 is 0 Å². The van der Waals surface area contributed by atoms with Gasteiger partial charge < -0.3 is 9.16 Å². The maximum absolute atomic E-state index is 12.5. The average Bonchev–Trinajstić information content (AvgIpc) is 2.97. The van der Waals surface area contributed by atoms with Gasteiger partial charge in [-0.25, -0.2) is 0 Å². The molecule has 0 aliphatic heterocycles. The third kappa shape index (κ3) is 11.8. The van der Waals surface area contributed by atoms with Crippen LogP contribution in [0.4, 0.5) is 0 Å². The molecule has 222 valence electrons. The van der Waals surface area contributed by atoms with E-state index in [-0.39, 0.29) is 23.5 Å². The number of unbranched alkanes of at least 4 members (excludes halogenated alkanes) is 3. The fourth-order valence-corrected chi connectivity index (χ4v) is 9.77. The highest BCUT2D eigenvalue weighted by molar-refractivity contribution is 6.99. The number of ether oxygens (including phenoxy) is 1. The predicted octanol–water partition coefficient (Wildman–Crippen LogP) is 8.86. The van der Waals surface area contributed by atoms with Crippen LogP contribution in [0.25, 0.3) is 0 Å². The van der Waals surface area contributed by atoms with Gasteiger partial charge in [-0.2, -0.15) is 0 Å². The summed E-state index contributed by atoms with van der Waals surface area (Å²) in [6.07, 6.45) is 26.2. The van der Waals surface area contributed by atoms with E-state index < -0.39 is 8.32 Å². The molecule has 0 aromatic heterocycles. The minimum Gasteiger partial charge on any atom is -0.469 e. The van der Waals surface area contributed by atoms with Crippen molar-refractivity contribution in [1.82, 2.24) is 0 Å². The molecule has 0 aliphatic rings. The molecule has 0 saturated heterocycles. The number of carbonyl (C=O) groups is 1. The van der Waals surface area contributed by atoms with E-state index in [0.717, 1.165) is 19.3 Å². The fourth-order valence-electron chi connectivity index (χ4n) is 5.07. The first-order chi connectivity index (χ1) is 19.8. The molecule has 4 heteroatoms. The van der Waals surface area contributed by atoms with Gasteiger partial charge in [-0.3, -0.25) is 4.79 Å². The van der Waals surface area contributed by atoms with Crippen molar-refractivity contribution in [2.45, 2.75) is 96.6 Å². The van der Waals surface area contributed by atoms with Crippen LogP contribution in [-0.4, -0.2) is 27.5 Å². The first-order valence-electron chi connectivity index (χ1n) is 15.3. The Kier molecular flexibility index (Phi) is 16.1. The summed E-state index contributed by atoms with van der Waals surface area (Å²) in [7, 11) is -1.32. The smallest absolute Gasteiger partial charge is 0.308 e. The van der Waals surface area contributed by atoms with Crippen molar-refractivity contribution in [1.29, 1.82) is 0 Å². The van der Waals surface area contributed by atoms with Gasteiger partial charge in [0.25, 0.3) is 8.32 Å². The van der Waals surface area contributed by atoms with Crippen molar-refractivity contribution in [2.75, 3.05) is 7.11 Å². The van der Waals surface area contributed by atoms with Gasteiger partial charge in [-0.05, 0) is 53.9 Å². The van der Waals surface area contributed by atoms with Gasteiger partial charge in [0, 0.05) is 0 Å². The van der Waals surface area contributed by atoms with Crippen LogP contribution in [0.2, 0.25) is 5.04 Å². The minimum absolute atomic E-state index is 0.158. The lowest BCUT2D eigenvalue weighted by Crippen LogP contribution is -2.67. The Balaban J connectivity index is 2.07. The largest absolute Gasteiger partial charge is 0.469 e. The van der Waals surface area contributed by atoms with Gasteiger partial charge in [0.1, 0.15) is 0 Å². The van der Waals surface area contributed by atoms with Crippen molar-refractivity contribution >= 4 is 24.7 Å². The Morgan fingerprint density at radius 2 is 1.24 bits per heavy atom. The van der Waals surface area contributed by atoms with E-state index in [9.17, 15) is 4.79 Å². The summed E-state index contributed by atoms with van der Waals surface area (Å²) >= 11 is 0. The lowest BCUT2D eigenvalue weighted by atomic mass is 10.1. The standard InChI is InChI=1S/C37H52O3Si/c1-6-7-8-9-10-11-12-13-14-15-16-17-18-19-22-27-33(32-36(38)39-5)40-41(37(2,3)4,34-28-23-20-24-29-34)35-30-25-21-26-31-35/h10-11,13-14,16-17,19-26,28-31,33H,6-9,12,15,18,27,32H2,1-5H3/b11-10-,14-13-,17-16-,22-19-/t33-/m1/s1. The van der Waals surface area contributed by atoms with Gasteiger partial charge in [-0.15, -0.1) is 0 Å². The number of allylic oxidation sites excluding steroid dienone is 7. The minimum atomic E-state index is -2.77. The zero-order valence-electron chi connectivity index (χ0n) is 26.1. The maximum Gasteiger partial charge on any atom is 0.308 e. The molecule has 0 N–H and O–H groups in total. The molecule has 2 rings (SSSR count). The summed E-state index contributed by atoms with van der Waals surface area (Å²) in [4.78, 5) is 12.5. The van der Waals surface area contributed by atoms with E-state index in [1.54, 1.807) is 0 Å². The molecule has 0 bridgehead atoms. The van der Waals surface area contributed by atoms with Crippen molar-refractivity contribution in [3.05, 3.63) is 109 Å². The lowest BCUT2D eigenvalue weighted by Gasteiger charge is -2.45. The van der Waals surface area contributed by atoms with Crippen LogP contribution in [0.5, 0.6) is 0 Å². The number of esters is 1. The molecule has 0 amide bonds. The summed E-state index contributed by atoms with van der Waals surface area (Å²) < 4.78 is 12.3. The molecular weight excluding hydrogens is 520 g/mol. The molecule has 0 unspecified atom stereocenters. The van der Waals surface area contributed by atoms with E-state index in [2.05, 4.69) is 125 Å². The number of carbonyl (C=O) groups excluding carboxylic acids is 1. The molecule has 41 heavy (non-hydrogen) atoms. The highest BCUT2D eigenvalue weighted by atomic mass is 28.4. The topological polar surface area (TPSA) is 35.5 Å². The molecule has 0 saturated carbocycles. The first kappa shape index (κ1) is 34.2. The van der Waals surface area contributed by atoms with E-state index in [4.69, 9.17) is 9.16 Å². The molecule has 0 spiro atoms. The molecule has 1 atom stereocenters. The zero-order chi connectivity index (χ0) is 29.8. The van der Waals surface area contributed by atoms with E-state index in [0.29, 0.717) is 6.42 Å². The summed E-state index contributed by atoms with van der Waals surface area (Å²) in [6, 6.07) is 21.1. The Morgan fingerprint density at radius 3 is 1.71 bits per heavy atom. The summed E-state index contributed by atoms with van der Waals surface area (Å²) in [6.45, 7) is 9.01. The summed E-state index contributed by atoms with van der Waals surface area (Å²) in [5, 5.41) is 2.26. The van der Waals surface area contributed by atoms with Gasteiger partial charge in [-0.1, -0.05) is 150 Å². The number of benzene rings is 2.